The van der Waals surface area contributed by atoms with Crippen LogP contribution in [0.2, 0.25) is 0 Å². The molecule has 0 aliphatic carbocycles. The van der Waals surface area contributed by atoms with Gasteiger partial charge in [-0.1, -0.05) is 239 Å². The van der Waals surface area contributed by atoms with Crippen LogP contribution in [0.15, 0.2) is 0 Å². The van der Waals surface area contributed by atoms with E-state index in [4.69, 9.17) is 0 Å². The molecule has 0 aliphatic heterocycles. The number of aliphatic hydroxyl groups excluding tert-OH is 1. The quantitative estimate of drug-likeness (QED) is 0.0727. The minimum Gasteiger partial charge on any atom is -0.393 e. The fourth-order valence-corrected chi connectivity index (χ4v) is 6.53. The third-order valence-electron chi connectivity index (χ3n) is 9.53. The normalized spacial score (nSPS) is 12.4. The highest BCUT2D eigenvalue weighted by molar-refractivity contribution is 4.58. The third kappa shape index (κ3) is 37.9. The Morgan fingerprint density at radius 2 is 0.390 bits per heavy atom. The SMILES string of the molecule is CCCCCCCCCCCCCCCCCCCCCCCCCC(O)CCCCCCCCCCCCCC. The van der Waals surface area contributed by atoms with Crippen molar-refractivity contribution in [3.05, 3.63) is 0 Å². The van der Waals surface area contributed by atoms with Crippen molar-refractivity contribution in [3.63, 3.8) is 0 Å². The lowest BCUT2D eigenvalue weighted by molar-refractivity contribution is 0.147. The highest BCUT2D eigenvalue weighted by Crippen LogP contribution is 2.17. The van der Waals surface area contributed by atoms with Crippen LogP contribution in [0.5, 0.6) is 0 Å². The summed E-state index contributed by atoms with van der Waals surface area (Å²) in [5.41, 5.74) is 0. The lowest BCUT2D eigenvalue weighted by Crippen LogP contribution is -2.05. The van der Waals surface area contributed by atoms with Crippen LogP contribution >= 0.6 is 0 Å². The molecule has 0 fully saturated rings. The Kier molecular flexibility index (Phi) is 37.9. The summed E-state index contributed by atoms with van der Waals surface area (Å²) in [5.74, 6) is 0. The zero-order valence-electron chi connectivity index (χ0n) is 29.2. The van der Waals surface area contributed by atoms with Gasteiger partial charge in [-0.15, -0.1) is 0 Å². The van der Waals surface area contributed by atoms with Gasteiger partial charge in [0.15, 0.2) is 0 Å². The average molecular weight is 579 g/mol. The molecule has 0 spiro atoms. The molecule has 0 bridgehead atoms. The lowest BCUT2D eigenvalue weighted by atomic mass is 10.0. The van der Waals surface area contributed by atoms with Crippen molar-refractivity contribution < 1.29 is 5.11 Å². The van der Waals surface area contributed by atoms with E-state index in [0.29, 0.717) is 0 Å². The summed E-state index contributed by atoms with van der Waals surface area (Å²) >= 11 is 0. The van der Waals surface area contributed by atoms with Crippen LogP contribution in [-0.2, 0) is 0 Å². The van der Waals surface area contributed by atoms with Gasteiger partial charge in [-0.3, -0.25) is 0 Å². The summed E-state index contributed by atoms with van der Waals surface area (Å²) in [4.78, 5) is 0. The first kappa shape index (κ1) is 41.0. The van der Waals surface area contributed by atoms with Crippen LogP contribution in [0.25, 0.3) is 0 Å². The Morgan fingerprint density at radius 1 is 0.244 bits per heavy atom. The van der Waals surface area contributed by atoms with Crippen LogP contribution in [0.3, 0.4) is 0 Å². The van der Waals surface area contributed by atoms with E-state index in [0.717, 1.165) is 12.8 Å². The molecule has 1 atom stereocenters. The van der Waals surface area contributed by atoms with E-state index < -0.39 is 0 Å². The molecule has 0 saturated heterocycles. The van der Waals surface area contributed by atoms with Gasteiger partial charge in [0, 0.05) is 0 Å². The fourth-order valence-electron chi connectivity index (χ4n) is 6.53. The van der Waals surface area contributed by atoms with Crippen LogP contribution in [0, 0.1) is 0 Å². The Bertz CT molecular complexity index is 433. The molecular formula is C40H82O. The van der Waals surface area contributed by atoms with Gasteiger partial charge in [-0.2, -0.15) is 0 Å². The fraction of sp³-hybridized carbons (Fsp3) is 1.00. The lowest BCUT2D eigenvalue weighted by Gasteiger charge is -2.10. The minimum absolute atomic E-state index is 0.0342. The summed E-state index contributed by atoms with van der Waals surface area (Å²) < 4.78 is 0. The first-order valence-corrected chi connectivity index (χ1v) is 20.0. The van der Waals surface area contributed by atoms with E-state index >= 15 is 0 Å². The van der Waals surface area contributed by atoms with Crippen LogP contribution < -0.4 is 0 Å². The number of hydrogen-bond donors (Lipinski definition) is 1. The Morgan fingerprint density at radius 3 is 0.561 bits per heavy atom. The maximum absolute atomic E-state index is 10.3. The highest BCUT2D eigenvalue weighted by Gasteiger charge is 2.04. The molecule has 0 aromatic heterocycles. The zero-order chi connectivity index (χ0) is 29.7. The molecule has 0 aliphatic rings. The molecule has 1 N–H and O–H groups in total. The summed E-state index contributed by atoms with van der Waals surface area (Å²) in [6.45, 7) is 4.60. The van der Waals surface area contributed by atoms with Gasteiger partial charge < -0.3 is 5.11 Å². The molecular weight excluding hydrogens is 496 g/mol. The average Bonchev–Trinajstić information content (AvgIpc) is 2.98. The summed E-state index contributed by atoms with van der Waals surface area (Å²) in [6, 6.07) is 0. The van der Waals surface area contributed by atoms with Crippen molar-refractivity contribution in [1.82, 2.24) is 0 Å². The van der Waals surface area contributed by atoms with Gasteiger partial charge in [-0.25, -0.2) is 0 Å². The van der Waals surface area contributed by atoms with E-state index in [1.54, 1.807) is 0 Å². The van der Waals surface area contributed by atoms with Gasteiger partial charge >= 0.3 is 0 Å². The Labute approximate surface area is 262 Å². The van der Waals surface area contributed by atoms with Crippen LogP contribution in [0.4, 0.5) is 0 Å². The van der Waals surface area contributed by atoms with E-state index in [1.807, 2.05) is 0 Å². The van der Waals surface area contributed by atoms with Crippen molar-refractivity contribution in [1.29, 1.82) is 0 Å². The standard InChI is InChI=1S/C40H82O/c1-3-5-7-9-11-13-15-17-18-19-20-21-22-23-24-25-26-27-29-31-33-35-37-39-40(41)38-36-34-32-30-28-16-14-12-10-8-6-4-2/h40-41H,3-39H2,1-2H3. The zero-order valence-corrected chi connectivity index (χ0v) is 29.2. The molecule has 0 aromatic carbocycles. The minimum atomic E-state index is -0.0342. The largest absolute Gasteiger partial charge is 0.393 e. The van der Waals surface area contributed by atoms with Crippen molar-refractivity contribution in [2.45, 2.75) is 258 Å². The second-order valence-electron chi connectivity index (χ2n) is 13.9. The van der Waals surface area contributed by atoms with E-state index in [-0.39, 0.29) is 6.10 Å². The first-order valence-electron chi connectivity index (χ1n) is 20.0. The predicted molar refractivity (Wildman–Crippen MR) is 188 cm³/mol. The third-order valence-corrected chi connectivity index (χ3v) is 9.53. The maximum atomic E-state index is 10.3. The molecule has 0 heterocycles. The first-order chi connectivity index (χ1) is 20.3. The molecule has 0 rings (SSSR count). The molecule has 248 valence electrons. The highest BCUT2D eigenvalue weighted by atomic mass is 16.3. The number of hydrogen-bond acceptors (Lipinski definition) is 1. The molecule has 0 amide bonds. The summed E-state index contributed by atoms with van der Waals surface area (Å²) in [7, 11) is 0. The molecule has 0 radical (unpaired) electrons. The summed E-state index contributed by atoms with van der Waals surface area (Å²) in [6.07, 6.45) is 52.0. The molecule has 41 heavy (non-hydrogen) atoms. The smallest absolute Gasteiger partial charge is 0.0540 e. The predicted octanol–water partition coefficient (Wildman–Crippen LogP) is 14.8. The monoisotopic (exact) mass is 579 g/mol. The van der Waals surface area contributed by atoms with E-state index in [2.05, 4.69) is 13.8 Å². The second kappa shape index (κ2) is 38.0. The Balaban J connectivity index is 3.12. The van der Waals surface area contributed by atoms with Gasteiger partial charge in [0.25, 0.3) is 0 Å². The van der Waals surface area contributed by atoms with Gasteiger partial charge in [-0.05, 0) is 12.8 Å². The second-order valence-corrected chi connectivity index (χ2v) is 13.9. The molecule has 1 nitrogen and oxygen atoms in total. The number of aliphatic hydroxyl groups is 1. The molecule has 1 heteroatoms. The summed E-state index contributed by atoms with van der Waals surface area (Å²) in [5, 5.41) is 10.3. The van der Waals surface area contributed by atoms with E-state index in [9.17, 15) is 5.11 Å². The van der Waals surface area contributed by atoms with Crippen molar-refractivity contribution >= 4 is 0 Å². The van der Waals surface area contributed by atoms with Crippen molar-refractivity contribution in [3.8, 4) is 0 Å². The Hall–Kier alpha value is -0.0400. The maximum Gasteiger partial charge on any atom is 0.0540 e. The number of rotatable bonds is 37. The van der Waals surface area contributed by atoms with Gasteiger partial charge in [0.2, 0.25) is 0 Å². The van der Waals surface area contributed by atoms with Crippen molar-refractivity contribution in [2.24, 2.45) is 0 Å². The van der Waals surface area contributed by atoms with Gasteiger partial charge in [0.05, 0.1) is 6.10 Å². The molecule has 0 aromatic rings. The number of unbranched alkanes of at least 4 members (excludes halogenated alkanes) is 33. The van der Waals surface area contributed by atoms with Crippen LogP contribution in [-0.4, -0.2) is 11.2 Å². The molecule has 1 unspecified atom stereocenters. The van der Waals surface area contributed by atoms with Crippen molar-refractivity contribution in [2.75, 3.05) is 0 Å². The van der Waals surface area contributed by atoms with E-state index in [1.165, 1.54) is 225 Å². The van der Waals surface area contributed by atoms with Gasteiger partial charge in [0.1, 0.15) is 0 Å². The molecule has 0 saturated carbocycles. The van der Waals surface area contributed by atoms with Crippen LogP contribution in [0.1, 0.15) is 251 Å². The topological polar surface area (TPSA) is 20.2 Å².